The summed E-state index contributed by atoms with van der Waals surface area (Å²) in [6.07, 6.45) is 1.44. The molecule has 168 valence electrons. The summed E-state index contributed by atoms with van der Waals surface area (Å²) in [4.78, 5) is 28.4. The molecule has 0 aliphatic heterocycles. The zero-order valence-corrected chi connectivity index (χ0v) is 18.9. The summed E-state index contributed by atoms with van der Waals surface area (Å²) in [7, 11) is 1.74. The predicted molar refractivity (Wildman–Crippen MR) is 133 cm³/mol. The Bertz CT molecular complexity index is 1530. The topological polar surface area (TPSA) is 68.3 Å². The monoisotopic (exact) mass is 449 g/mol. The lowest BCUT2D eigenvalue weighted by atomic mass is 10.0. The van der Waals surface area contributed by atoms with Crippen molar-refractivity contribution in [3.8, 4) is 11.1 Å². The van der Waals surface area contributed by atoms with Gasteiger partial charge in [-0.05, 0) is 48.4 Å². The molecule has 0 radical (unpaired) electrons. The number of nitrogens with zero attached hydrogens (tertiary/aromatic N) is 3. The maximum absolute atomic E-state index is 13.6. The molecule has 2 heterocycles. The highest BCUT2D eigenvalue weighted by Gasteiger charge is 2.23. The molecule has 0 N–H and O–H groups in total. The van der Waals surface area contributed by atoms with Gasteiger partial charge >= 0.3 is 0 Å². The van der Waals surface area contributed by atoms with Crippen LogP contribution in [0.1, 0.15) is 21.7 Å². The molecule has 0 saturated carbocycles. The van der Waals surface area contributed by atoms with Crippen molar-refractivity contribution in [3.05, 3.63) is 118 Å². The van der Waals surface area contributed by atoms with Gasteiger partial charge in [-0.15, -0.1) is 0 Å². The van der Waals surface area contributed by atoms with Gasteiger partial charge < -0.3 is 9.32 Å². The second-order valence-electron chi connectivity index (χ2n) is 8.18. The largest absolute Gasteiger partial charge is 0.464 e. The summed E-state index contributed by atoms with van der Waals surface area (Å²) in [5, 5.41) is 4.81. The fourth-order valence-corrected chi connectivity index (χ4v) is 4.09. The second kappa shape index (κ2) is 8.83. The summed E-state index contributed by atoms with van der Waals surface area (Å²) < 4.78 is 7.26. The number of carbonyl (C=O) groups excluding carboxylic acids is 1. The third-order valence-corrected chi connectivity index (χ3v) is 5.83. The van der Waals surface area contributed by atoms with E-state index in [0.717, 1.165) is 16.8 Å². The van der Waals surface area contributed by atoms with E-state index in [1.807, 2.05) is 67.6 Å². The number of benzene rings is 3. The Labute approximate surface area is 196 Å². The number of amides is 1. The Morgan fingerprint density at radius 1 is 0.941 bits per heavy atom. The Morgan fingerprint density at radius 2 is 1.62 bits per heavy atom. The molecule has 0 saturated heterocycles. The number of rotatable bonds is 5. The SMILES string of the molecule is Cc1cc(C(=O)N(Cc2coc3ccccc3c2=O)c2ccc(-c3ccccc3)cc2)n(C)n1. The number of hydrogen-bond acceptors (Lipinski definition) is 4. The standard InChI is InChI=1S/C28H23N3O3/c1-19-16-25(30(2)29-19)28(33)31(17-22-18-34-26-11-7-6-10-24(26)27(22)32)23-14-12-21(13-15-23)20-8-4-3-5-9-20/h3-16,18H,17H2,1-2H3. The minimum Gasteiger partial charge on any atom is -0.464 e. The lowest BCUT2D eigenvalue weighted by Crippen LogP contribution is -2.33. The molecule has 0 fully saturated rings. The minimum atomic E-state index is -0.247. The normalized spacial score (nSPS) is 11.0. The number of anilines is 1. The Morgan fingerprint density at radius 3 is 2.32 bits per heavy atom. The van der Waals surface area contributed by atoms with E-state index in [2.05, 4.69) is 5.10 Å². The van der Waals surface area contributed by atoms with E-state index < -0.39 is 0 Å². The van der Waals surface area contributed by atoms with Gasteiger partial charge in [0.15, 0.2) is 5.43 Å². The highest BCUT2D eigenvalue weighted by atomic mass is 16.3. The van der Waals surface area contributed by atoms with Crippen LogP contribution < -0.4 is 10.3 Å². The fourth-order valence-electron chi connectivity index (χ4n) is 4.09. The molecular weight excluding hydrogens is 426 g/mol. The first-order valence-electron chi connectivity index (χ1n) is 11.0. The maximum atomic E-state index is 13.6. The van der Waals surface area contributed by atoms with Crippen molar-refractivity contribution in [2.24, 2.45) is 7.05 Å². The highest BCUT2D eigenvalue weighted by Crippen LogP contribution is 2.26. The van der Waals surface area contributed by atoms with Crippen LogP contribution >= 0.6 is 0 Å². The van der Waals surface area contributed by atoms with Crippen molar-refractivity contribution in [1.29, 1.82) is 0 Å². The molecule has 0 bridgehead atoms. The van der Waals surface area contributed by atoms with Gasteiger partial charge in [0.25, 0.3) is 5.91 Å². The highest BCUT2D eigenvalue weighted by molar-refractivity contribution is 6.05. The molecule has 0 aliphatic carbocycles. The van der Waals surface area contributed by atoms with Gasteiger partial charge in [0.2, 0.25) is 0 Å². The molecule has 6 nitrogen and oxygen atoms in total. The van der Waals surface area contributed by atoms with Crippen LogP contribution in [0, 0.1) is 6.92 Å². The van der Waals surface area contributed by atoms with Gasteiger partial charge in [0.1, 0.15) is 11.3 Å². The molecule has 0 aliphatic rings. The van der Waals surface area contributed by atoms with Crippen LogP contribution in [-0.4, -0.2) is 15.7 Å². The quantitative estimate of drug-likeness (QED) is 0.363. The molecule has 5 aromatic rings. The first-order valence-corrected chi connectivity index (χ1v) is 11.0. The van der Waals surface area contributed by atoms with Crippen LogP contribution in [0.2, 0.25) is 0 Å². The fraction of sp³-hybridized carbons (Fsp3) is 0.107. The lowest BCUT2D eigenvalue weighted by Gasteiger charge is -2.23. The molecule has 1 amide bonds. The van der Waals surface area contributed by atoms with Gasteiger partial charge in [-0.3, -0.25) is 14.3 Å². The molecule has 34 heavy (non-hydrogen) atoms. The summed E-state index contributed by atoms with van der Waals surface area (Å²) in [6, 6.07) is 26.6. The lowest BCUT2D eigenvalue weighted by molar-refractivity contribution is 0.0976. The molecule has 0 spiro atoms. The summed E-state index contributed by atoms with van der Waals surface area (Å²) in [5.74, 6) is -0.247. The van der Waals surface area contributed by atoms with Gasteiger partial charge in [0.05, 0.1) is 29.5 Å². The van der Waals surface area contributed by atoms with E-state index in [4.69, 9.17) is 4.42 Å². The zero-order valence-electron chi connectivity index (χ0n) is 18.9. The van der Waals surface area contributed by atoms with Crippen molar-refractivity contribution in [2.75, 3.05) is 4.90 Å². The van der Waals surface area contributed by atoms with Crippen LogP contribution in [0.3, 0.4) is 0 Å². The Hall–Kier alpha value is -4.45. The number of aromatic nitrogens is 2. The second-order valence-corrected chi connectivity index (χ2v) is 8.18. The number of para-hydroxylation sites is 1. The first kappa shape index (κ1) is 21.4. The Kier molecular flexibility index (Phi) is 5.55. The van der Waals surface area contributed by atoms with E-state index in [0.29, 0.717) is 27.9 Å². The zero-order chi connectivity index (χ0) is 23.7. The number of hydrogen-bond donors (Lipinski definition) is 0. The predicted octanol–water partition coefficient (Wildman–Crippen LogP) is 5.35. The van der Waals surface area contributed by atoms with Crippen molar-refractivity contribution in [3.63, 3.8) is 0 Å². The van der Waals surface area contributed by atoms with Gasteiger partial charge in [-0.2, -0.15) is 5.10 Å². The number of aryl methyl sites for hydroxylation is 2. The molecule has 5 rings (SSSR count). The van der Waals surface area contributed by atoms with Crippen LogP contribution in [-0.2, 0) is 13.6 Å². The first-order chi connectivity index (χ1) is 16.5. The van der Waals surface area contributed by atoms with Crippen molar-refractivity contribution >= 4 is 22.6 Å². The van der Waals surface area contributed by atoms with E-state index in [-0.39, 0.29) is 17.9 Å². The van der Waals surface area contributed by atoms with Crippen LogP contribution in [0.4, 0.5) is 5.69 Å². The third kappa shape index (κ3) is 4.01. The molecule has 3 aromatic carbocycles. The van der Waals surface area contributed by atoms with Gasteiger partial charge in [-0.1, -0.05) is 54.6 Å². The Balaban J connectivity index is 1.57. The van der Waals surface area contributed by atoms with Crippen LogP contribution in [0.25, 0.3) is 22.1 Å². The maximum Gasteiger partial charge on any atom is 0.276 e. The number of fused-ring (bicyclic) bond motifs is 1. The average molecular weight is 450 g/mol. The third-order valence-electron chi connectivity index (χ3n) is 5.83. The van der Waals surface area contributed by atoms with Crippen molar-refractivity contribution < 1.29 is 9.21 Å². The van der Waals surface area contributed by atoms with E-state index in [9.17, 15) is 9.59 Å². The smallest absolute Gasteiger partial charge is 0.276 e. The van der Waals surface area contributed by atoms with Crippen molar-refractivity contribution in [2.45, 2.75) is 13.5 Å². The van der Waals surface area contributed by atoms with Gasteiger partial charge in [0, 0.05) is 12.7 Å². The van der Waals surface area contributed by atoms with Crippen LogP contribution in [0.5, 0.6) is 0 Å². The molecule has 0 unspecified atom stereocenters. The van der Waals surface area contributed by atoms with E-state index >= 15 is 0 Å². The average Bonchev–Trinajstić information content (AvgIpc) is 3.22. The van der Waals surface area contributed by atoms with Gasteiger partial charge in [-0.25, -0.2) is 0 Å². The molecule has 2 aromatic heterocycles. The van der Waals surface area contributed by atoms with Crippen molar-refractivity contribution in [1.82, 2.24) is 9.78 Å². The van der Waals surface area contributed by atoms with E-state index in [1.165, 1.54) is 6.26 Å². The summed E-state index contributed by atoms with van der Waals surface area (Å²) >= 11 is 0. The van der Waals surface area contributed by atoms with E-state index in [1.54, 1.807) is 40.9 Å². The molecule has 0 atom stereocenters. The van der Waals surface area contributed by atoms with Crippen LogP contribution in [0.15, 0.2) is 100 Å². The minimum absolute atomic E-state index is 0.0703. The number of carbonyl (C=O) groups is 1. The molecule has 6 heteroatoms. The summed E-state index contributed by atoms with van der Waals surface area (Å²) in [5.41, 5.74) is 4.76. The summed E-state index contributed by atoms with van der Waals surface area (Å²) in [6.45, 7) is 1.91. The molecular formula is C28H23N3O3.